The van der Waals surface area contributed by atoms with Crippen molar-refractivity contribution < 1.29 is 9.59 Å². The normalized spacial score (nSPS) is 12.9. The predicted octanol–water partition coefficient (Wildman–Crippen LogP) is 2.98. The summed E-state index contributed by atoms with van der Waals surface area (Å²) in [5, 5.41) is 4.57. The average molecular weight is 440 g/mol. The maximum absolute atomic E-state index is 12.7. The molecular formula is C20H18BrN5O2. The molecule has 0 atom stereocenters. The second-order valence-electron chi connectivity index (χ2n) is 6.52. The van der Waals surface area contributed by atoms with Crippen LogP contribution in [0.1, 0.15) is 44.9 Å². The monoisotopic (exact) mass is 439 g/mol. The van der Waals surface area contributed by atoms with Crippen LogP contribution in [0.4, 0.5) is 0 Å². The first-order valence-corrected chi connectivity index (χ1v) is 9.80. The molecule has 4 rings (SSSR count). The van der Waals surface area contributed by atoms with E-state index >= 15 is 0 Å². The summed E-state index contributed by atoms with van der Waals surface area (Å²) in [6.45, 7) is 0. The molecule has 0 bridgehead atoms. The van der Waals surface area contributed by atoms with Crippen molar-refractivity contribution in [3.63, 3.8) is 0 Å². The lowest BCUT2D eigenvalue weighted by Gasteiger charge is -2.14. The molecule has 0 spiro atoms. The lowest BCUT2D eigenvalue weighted by molar-refractivity contribution is 0.0843. The molecule has 7 nitrogen and oxygen atoms in total. The number of halogens is 1. The highest BCUT2D eigenvalue weighted by molar-refractivity contribution is 9.10. The summed E-state index contributed by atoms with van der Waals surface area (Å²) in [4.78, 5) is 28.8. The number of nitrogens with one attached hydrogen (secondary N) is 2. The Hall–Kier alpha value is -3.00. The summed E-state index contributed by atoms with van der Waals surface area (Å²) in [6, 6.07) is 11.1. The fraction of sp³-hybridized carbons (Fsp3) is 0.200. The van der Waals surface area contributed by atoms with Crippen LogP contribution in [0.3, 0.4) is 0 Å². The molecule has 0 saturated heterocycles. The molecule has 1 aromatic carbocycles. The lowest BCUT2D eigenvalue weighted by atomic mass is 9.95. The van der Waals surface area contributed by atoms with Crippen LogP contribution in [-0.4, -0.2) is 26.6 Å². The number of carbonyl (C=O) groups excluding carboxylic acids is 2. The molecule has 8 heteroatoms. The quantitative estimate of drug-likeness (QED) is 0.613. The highest BCUT2D eigenvalue weighted by Gasteiger charge is 2.26. The largest absolute Gasteiger partial charge is 0.290 e. The van der Waals surface area contributed by atoms with E-state index in [1.165, 1.54) is 6.20 Å². The smallest absolute Gasteiger partial charge is 0.267 e. The van der Waals surface area contributed by atoms with Crippen molar-refractivity contribution in [2.24, 2.45) is 0 Å². The number of pyridine rings is 1. The molecule has 0 radical (unpaired) electrons. The van der Waals surface area contributed by atoms with Crippen molar-refractivity contribution in [2.45, 2.75) is 25.7 Å². The average Bonchev–Trinajstić information content (AvgIpc) is 3.12. The molecule has 1 aliphatic carbocycles. The van der Waals surface area contributed by atoms with Crippen LogP contribution in [0.2, 0.25) is 0 Å². The number of rotatable bonds is 3. The Morgan fingerprint density at radius 3 is 2.64 bits per heavy atom. The first kappa shape index (κ1) is 18.4. The van der Waals surface area contributed by atoms with Gasteiger partial charge >= 0.3 is 0 Å². The number of hydrogen-bond acceptors (Lipinski definition) is 4. The summed E-state index contributed by atoms with van der Waals surface area (Å²) in [7, 11) is 0. The Kier molecular flexibility index (Phi) is 5.21. The van der Waals surface area contributed by atoms with E-state index in [0.29, 0.717) is 11.3 Å². The molecule has 2 amide bonds. The number of aromatic nitrogens is 3. The van der Waals surface area contributed by atoms with Gasteiger partial charge in [-0.3, -0.25) is 25.4 Å². The molecule has 0 saturated carbocycles. The molecule has 2 aromatic heterocycles. The Bertz CT molecular complexity index is 1030. The summed E-state index contributed by atoms with van der Waals surface area (Å²) in [6.07, 6.45) is 6.75. The Balaban J connectivity index is 1.59. The molecule has 1 aliphatic rings. The number of hydrogen-bond donors (Lipinski definition) is 2. The molecule has 2 N–H and O–H groups in total. The van der Waals surface area contributed by atoms with Gasteiger partial charge in [-0.15, -0.1) is 0 Å². The fourth-order valence-corrected chi connectivity index (χ4v) is 3.73. The van der Waals surface area contributed by atoms with E-state index in [-0.39, 0.29) is 0 Å². The first-order chi connectivity index (χ1) is 13.6. The minimum Gasteiger partial charge on any atom is -0.267 e. The Morgan fingerprint density at radius 1 is 1.04 bits per heavy atom. The maximum Gasteiger partial charge on any atom is 0.290 e. The third kappa shape index (κ3) is 3.68. The first-order valence-electron chi connectivity index (χ1n) is 9.01. The zero-order chi connectivity index (χ0) is 19.5. The molecule has 3 aromatic rings. The second-order valence-corrected chi connectivity index (χ2v) is 7.44. The molecule has 2 heterocycles. The van der Waals surface area contributed by atoms with E-state index in [2.05, 4.69) is 36.9 Å². The molecular weight excluding hydrogens is 422 g/mol. The number of benzene rings is 1. The van der Waals surface area contributed by atoms with Gasteiger partial charge in [-0.05, 0) is 56.0 Å². The van der Waals surface area contributed by atoms with Crippen molar-refractivity contribution in [3.05, 3.63) is 75.8 Å². The van der Waals surface area contributed by atoms with Crippen LogP contribution in [0, 0.1) is 0 Å². The number of hydrazine groups is 1. The third-order valence-electron chi connectivity index (χ3n) is 4.66. The molecule has 0 aliphatic heterocycles. The molecule has 0 unspecified atom stereocenters. The summed E-state index contributed by atoms with van der Waals surface area (Å²) in [5.41, 5.74) is 8.50. The highest BCUT2D eigenvalue weighted by atomic mass is 79.9. The van der Waals surface area contributed by atoms with E-state index in [9.17, 15) is 9.59 Å². The number of nitrogens with zero attached hydrogens (tertiary/aromatic N) is 3. The topological polar surface area (TPSA) is 88.9 Å². The Labute approximate surface area is 170 Å². The van der Waals surface area contributed by atoms with Crippen LogP contribution < -0.4 is 10.9 Å². The van der Waals surface area contributed by atoms with Gasteiger partial charge in [-0.25, -0.2) is 4.68 Å². The summed E-state index contributed by atoms with van der Waals surface area (Å²) >= 11 is 3.48. The number of carbonyl (C=O) groups is 2. The van der Waals surface area contributed by atoms with Gasteiger partial charge in [0.2, 0.25) is 0 Å². The van der Waals surface area contributed by atoms with Crippen molar-refractivity contribution in [2.75, 3.05) is 0 Å². The van der Waals surface area contributed by atoms with Gasteiger partial charge in [-0.2, -0.15) is 5.10 Å². The van der Waals surface area contributed by atoms with Crippen molar-refractivity contribution in [3.8, 4) is 5.69 Å². The minimum atomic E-state index is -0.429. The fourth-order valence-electron chi connectivity index (χ4n) is 3.34. The van der Waals surface area contributed by atoms with E-state index in [1.807, 2.05) is 28.9 Å². The summed E-state index contributed by atoms with van der Waals surface area (Å²) in [5.74, 6) is -0.856. The standard InChI is InChI=1S/C20H18BrN5O2/c21-14-6-3-7-15(11-14)26-17-9-2-1-8-16(17)18(25-26)20(28)24-23-19(27)13-5-4-10-22-12-13/h3-7,10-12H,1-2,8-9H2,(H,23,27)(H,24,28). The summed E-state index contributed by atoms with van der Waals surface area (Å²) < 4.78 is 2.77. The second kappa shape index (κ2) is 7.93. The van der Waals surface area contributed by atoms with Crippen molar-refractivity contribution >= 4 is 27.7 Å². The van der Waals surface area contributed by atoms with Gasteiger partial charge in [0, 0.05) is 28.1 Å². The SMILES string of the molecule is O=C(NNC(=O)c1nn(-c2cccc(Br)c2)c2c1CCCC2)c1cccnc1. The van der Waals surface area contributed by atoms with E-state index in [4.69, 9.17) is 0 Å². The van der Waals surface area contributed by atoms with Gasteiger partial charge in [0.15, 0.2) is 5.69 Å². The van der Waals surface area contributed by atoms with Crippen LogP contribution in [0.25, 0.3) is 5.69 Å². The van der Waals surface area contributed by atoms with Crippen molar-refractivity contribution in [1.29, 1.82) is 0 Å². The van der Waals surface area contributed by atoms with Crippen LogP contribution >= 0.6 is 15.9 Å². The van der Waals surface area contributed by atoms with E-state index < -0.39 is 11.8 Å². The molecule has 28 heavy (non-hydrogen) atoms. The predicted molar refractivity (Wildman–Crippen MR) is 107 cm³/mol. The van der Waals surface area contributed by atoms with Gasteiger partial charge in [0.1, 0.15) is 0 Å². The van der Waals surface area contributed by atoms with Gasteiger partial charge in [-0.1, -0.05) is 22.0 Å². The maximum atomic E-state index is 12.7. The number of fused-ring (bicyclic) bond motifs is 1. The van der Waals surface area contributed by atoms with Crippen molar-refractivity contribution in [1.82, 2.24) is 25.6 Å². The van der Waals surface area contributed by atoms with Gasteiger partial charge < -0.3 is 0 Å². The molecule has 0 fully saturated rings. The highest BCUT2D eigenvalue weighted by Crippen LogP contribution is 2.27. The van der Waals surface area contributed by atoms with Gasteiger partial charge in [0.05, 0.1) is 11.3 Å². The lowest BCUT2D eigenvalue weighted by Crippen LogP contribution is -2.42. The molecule has 142 valence electrons. The third-order valence-corrected chi connectivity index (χ3v) is 5.15. The van der Waals surface area contributed by atoms with Gasteiger partial charge in [0.25, 0.3) is 11.8 Å². The zero-order valence-corrected chi connectivity index (χ0v) is 16.6. The van der Waals surface area contributed by atoms with E-state index in [1.54, 1.807) is 18.3 Å². The van der Waals surface area contributed by atoms with Crippen LogP contribution in [0.5, 0.6) is 0 Å². The minimum absolute atomic E-state index is 0.348. The Morgan fingerprint density at radius 2 is 1.86 bits per heavy atom. The zero-order valence-electron chi connectivity index (χ0n) is 15.0. The van der Waals surface area contributed by atoms with Crippen LogP contribution in [-0.2, 0) is 12.8 Å². The van der Waals surface area contributed by atoms with E-state index in [0.717, 1.165) is 47.1 Å². The van der Waals surface area contributed by atoms with Crippen LogP contribution in [0.15, 0.2) is 53.3 Å². The number of amides is 2.